The Morgan fingerprint density at radius 1 is 1.44 bits per heavy atom. The van der Waals surface area contributed by atoms with E-state index in [4.69, 9.17) is 5.11 Å². The molecule has 1 heterocycles. The second kappa shape index (κ2) is 6.99. The lowest BCUT2D eigenvalue weighted by atomic mass is 10.0. The number of hydrogen-bond acceptors (Lipinski definition) is 4. The van der Waals surface area contributed by atoms with Gasteiger partial charge in [0, 0.05) is 18.0 Å². The van der Waals surface area contributed by atoms with Crippen LogP contribution in [-0.2, 0) is 6.54 Å². The Labute approximate surface area is 102 Å². The highest BCUT2D eigenvalue weighted by atomic mass is 32.1. The molecule has 4 heteroatoms. The third-order valence-electron chi connectivity index (χ3n) is 2.90. The summed E-state index contributed by atoms with van der Waals surface area (Å²) < 4.78 is 0. The van der Waals surface area contributed by atoms with Gasteiger partial charge in [0.1, 0.15) is 5.01 Å². The molecule has 0 bridgehead atoms. The number of aryl methyl sites for hydroxylation is 2. The van der Waals surface area contributed by atoms with Gasteiger partial charge in [-0.1, -0.05) is 13.3 Å². The van der Waals surface area contributed by atoms with Gasteiger partial charge in [-0.25, -0.2) is 4.98 Å². The fraction of sp³-hybridized carbons (Fsp3) is 0.750. The van der Waals surface area contributed by atoms with E-state index in [9.17, 15) is 0 Å². The van der Waals surface area contributed by atoms with E-state index < -0.39 is 0 Å². The number of nitrogens with one attached hydrogen (secondary N) is 1. The lowest BCUT2D eigenvalue weighted by Crippen LogP contribution is -2.22. The number of hydrogen-bond donors (Lipinski definition) is 2. The van der Waals surface area contributed by atoms with Gasteiger partial charge in [0.15, 0.2) is 0 Å². The Morgan fingerprint density at radius 3 is 2.69 bits per heavy atom. The smallest absolute Gasteiger partial charge is 0.107 e. The van der Waals surface area contributed by atoms with Crippen LogP contribution in [0, 0.1) is 19.8 Å². The van der Waals surface area contributed by atoms with Gasteiger partial charge in [0.2, 0.25) is 0 Å². The van der Waals surface area contributed by atoms with E-state index in [0.717, 1.165) is 36.6 Å². The molecule has 0 aromatic carbocycles. The maximum absolute atomic E-state index is 8.89. The topological polar surface area (TPSA) is 45.1 Å². The standard InChI is InChI=1S/C12H22N2OS/c1-4-11(5-6-15)7-13-8-12-14-9(2)10(3)16-12/h11,13,15H,4-8H2,1-3H3. The van der Waals surface area contributed by atoms with Crippen LogP contribution < -0.4 is 5.32 Å². The Balaban J connectivity index is 2.29. The Hall–Kier alpha value is -0.450. The zero-order valence-electron chi connectivity index (χ0n) is 10.4. The minimum atomic E-state index is 0.287. The quantitative estimate of drug-likeness (QED) is 0.771. The molecule has 16 heavy (non-hydrogen) atoms. The van der Waals surface area contributed by atoms with E-state index in [1.54, 1.807) is 11.3 Å². The molecule has 0 aliphatic carbocycles. The first-order valence-corrected chi connectivity index (χ1v) is 6.73. The van der Waals surface area contributed by atoms with Gasteiger partial charge in [0.25, 0.3) is 0 Å². The fourth-order valence-electron chi connectivity index (χ4n) is 1.63. The summed E-state index contributed by atoms with van der Waals surface area (Å²) in [4.78, 5) is 5.79. The van der Waals surface area contributed by atoms with Crippen molar-refractivity contribution in [3.8, 4) is 0 Å². The molecule has 0 fully saturated rings. The Kier molecular flexibility index (Phi) is 5.95. The first kappa shape index (κ1) is 13.6. The average Bonchev–Trinajstić information content (AvgIpc) is 2.57. The van der Waals surface area contributed by atoms with Crippen molar-refractivity contribution in [2.45, 2.75) is 40.2 Å². The van der Waals surface area contributed by atoms with Crippen LogP contribution >= 0.6 is 11.3 Å². The van der Waals surface area contributed by atoms with E-state index in [1.165, 1.54) is 4.88 Å². The van der Waals surface area contributed by atoms with Gasteiger partial charge >= 0.3 is 0 Å². The Bertz CT molecular complexity index is 292. The van der Waals surface area contributed by atoms with E-state index in [-0.39, 0.29) is 6.61 Å². The zero-order chi connectivity index (χ0) is 12.0. The van der Waals surface area contributed by atoms with Crippen LogP contribution in [0.1, 0.15) is 35.3 Å². The lowest BCUT2D eigenvalue weighted by molar-refractivity contribution is 0.251. The second-order valence-corrected chi connectivity index (χ2v) is 5.45. The number of thiazole rings is 1. The molecule has 1 unspecified atom stereocenters. The third-order valence-corrected chi connectivity index (χ3v) is 3.97. The van der Waals surface area contributed by atoms with Gasteiger partial charge in [-0.2, -0.15) is 0 Å². The summed E-state index contributed by atoms with van der Waals surface area (Å²) in [6, 6.07) is 0. The molecule has 0 saturated heterocycles. The molecule has 0 spiro atoms. The number of aromatic nitrogens is 1. The van der Waals surface area contributed by atoms with Crippen LogP contribution in [0.3, 0.4) is 0 Å². The molecule has 3 nitrogen and oxygen atoms in total. The number of rotatable bonds is 7. The highest BCUT2D eigenvalue weighted by Gasteiger charge is 2.06. The minimum Gasteiger partial charge on any atom is -0.396 e. The van der Waals surface area contributed by atoms with Crippen molar-refractivity contribution in [2.24, 2.45) is 5.92 Å². The van der Waals surface area contributed by atoms with Crippen LogP contribution in [0.2, 0.25) is 0 Å². The highest BCUT2D eigenvalue weighted by Crippen LogP contribution is 2.16. The normalized spacial score (nSPS) is 13.0. The lowest BCUT2D eigenvalue weighted by Gasteiger charge is -2.13. The van der Waals surface area contributed by atoms with E-state index in [0.29, 0.717) is 5.92 Å². The third kappa shape index (κ3) is 4.20. The van der Waals surface area contributed by atoms with E-state index in [1.807, 2.05) is 0 Å². The predicted octanol–water partition coefficient (Wildman–Crippen LogP) is 2.26. The molecule has 92 valence electrons. The predicted molar refractivity (Wildman–Crippen MR) is 68.8 cm³/mol. The molecule has 1 rings (SSSR count). The van der Waals surface area contributed by atoms with Crippen molar-refractivity contribution in [3.05, 3.63) is 15.6 Å². The van der Waals surface area contributed by atoms with Gasteiger partial charge in [-0.05, 0) is 32.7 Å². The fourth-order valence-corrected chi connectivity index (χ4v) is 2.53. The number of aliphatic hydroxyl groups excluding tert-OH is 1. The molecule has 1 aromatic rings. The SMILES string of the molecule is CCC(CCO)CNCc1nc(C)c(C)s1. The van der Waals surface area contributed by atoms with Crippen molar-refractivity contribution in [3.63, 3.8) is 0 Å². The zero-order valence-corrected chi connectivity index (χ0v) is 11.2. The molecule has 0 radical (unpaired) electrons. The van der Waals surface area contributed by atoms with Gasteiger partial charge in [0.05, 0.1) is 5.69 Å². The summed E-state index contributed by atoms with van der Waals surface area (Å²) >= 11 is 1.76. The highest BCUT2D eigenvalue weighted by molar-refractivity contribution is 7.11. The maximum Gasteiger partial charge on any atom is 0.107 e. The van der Waals surface area contributed by atoms with Crippen molar-refractivity contribution >= 4 is 11.3 Å². The Morgan fingerprint density at radius 2 is 2.19 bits per heavy atom. The summed E-state index contributed by atoms with van der Waals surface area (Å²) in [5, 5.41) is 13.5. The van der Waals surface area contributed by atoms with Gasteiger partial charge in [-0.15, -0.1) is 11.3 Å². The van der Waals surface area contributed by atoms with Crippen molar-refractivity contribution in [1.82, 2.24) is 10.3 Å². The van der Waals surface area contributed by atoms with Crippen LogP contribution in [0.15, 0.2) is 0 Å². The molecule has 0 aliphatic rings. The van der Waals surface area contributed by atoms with Crippen LogP contribution in [0.5, 0.6) is 0 Å². The van der Waals surface area contributed by atoms with E-state index >= 15 is 0 Å². The first-order chi connectivity index (χ1) is 7.67. The maximum atomic E-state index is 8.89. The molecular weight excluding hydrogens is 220 g/mol. The van der Waals surface area contributed by atoms with Crippen LogP contribution in [0.25, 0.3) is 0 Å². The summed E-state index contributed by atoms with van der Waals surface area (Å²) in [6.45, 7) is 8.43. The van der Waals surface area contributed by atoms with Crippen molar-refractivity contribution in [1.29, 1.82) is 0 Å². The summed E-state index contributed by atoms with van der Waals surface area (Å²) in [5.74, 6) is 0.576. The van der Waals surface area contributed by atoms with Crippen molar-refractivity contribution in [2.75, 3.05) is 13.2 Å². The second-order valence-electron chi connectivity index (χ2n) is 4.17. The van der Waals surface area contributed by atoms with E-state index in [2.05, 4.69) is 31.1 Å². The molecule has 0 saturated carbocycles. The average molecular weight is 242 g/mol. The van der Waals surface area contributed by atoms with Crippen LogP contribution in [0.4, 0.5) is 0 Å². The van der Waals surface area contributed by atoms with Crippen LogP contribution in [-0.4, -0.2) is 23.2 Å². The van der Waals surface area contributed by atoms with Gasteiger partial charge in [-0.3, -0.25) is 0 Å². The monoisotopic (exact) mass is 242 g/mol. The number of nitrogens with zero attached hydrogens (tertiary/aromatic N) is 1. The molecule has 2 N–H and O–H groups in total. The molecule has 0 amide bonds. The van der Waals surface area contributed by atoms with Gasteiger partial charge < -0.3 is 10.4 Å². The number of aliphatic hydroxyl groups is 1. The minimum absolute atomic E-state index is 0.287. The molecular formula is C12H22N2OS. The summed E-state index contributed by atoms with van der Waals surface area (Å²) in [5.41, 5.74) is 1.14. The van der Waals surface area contributed by atoms with Crippen molar-refractivity contribution < 1.29 is 5.11 Å². The summed E-state index contributed by atoms with van der Waals surface area (Å²) in [7, 11) is 0. The summed E-state index contributed by atoms with van der Waals surface area (Å²) in [6.07, 6.45) is 2.00. The molecule has 0 aliphatic heterocycles. The molecule has 1 aromatic heterocycles. The molecule has 1 atom stereocenters. The first-order valence-electron chi connectivity index (χ1n) is 5.91. The largest absolute Gasteiger partial charge is 0.396 e.